The average Bonchev–Trinajstić information content (AvgIpc) is 2.79. The van der Waals surface area contributed by atoms with Crippen LogP contribution in [0.3, 0.4) is 0 Å². The van der Waals surface area contributed by atoms with Gasteiger partial charge in [0, 0.05) is 0 Å². The summed E-state index contributed by atoms with van der Waals surface area (Å²) in [5, 5.41) is 0. The minimum atomic E-state index is -0.229. The van der Waals surface area contributed by atoms with Gasteiger partial charge in [0.1, 0.15) is 5.82 Å². The molecule has 0 saturated heterocycles. The van der Waals surface area contributed by atoms with Crippen LogP contribution in [-0.4, -0.2) is 41.0 Å². The van der Waals surface area contributed by atoms with Gasteiger partial charge in [0.15, 0.2) is 0 Å². The van der Waals surface area contributed by atoms with Gasteiger partial charge in [-0.2, -0.15) is 0 Å². The highest BCUT2D eigenvalue weighted by molar-refractivity contribution is 5.74. The molecule has 0 bridgehead atoms. The van der Waals surface area contributed by atoms with Crippen LogP contribution in [-0.2, 0) is 16.1 Å². The molecule has 0 aliphatic heterocycles. The number of H-pyrrole nitrogens is 1. The maximum atomic E-state index is 11.2. The monoisotopic (exact) mass is 247 g/mol. The van der Waals surface area contributed by atoms with Gasteiger partial charge in [0.05, 0.1) is 31.2 Å². The van der Waals surface area contributed by atoms with Gasteiger partial charge in [0.2, 0.25) is 0 Å². The molecule has 5 nitrogen and oxygen atoms in total. The minimum Gasteiger partial charge on any atom is -0.468 e. The van der Waals surface area contributed by atoms with Crippen LogP contribution in [0.4, 0.5) is 0 Å². The van der Waals surface area contributed by atoms with E-state index in [9.17, 15) is 4.79 Å². The lowest BCUT2D eigenvalue weighted by atomic mass is 10.3. The van der Waals surface area contributed by atoms with Gasteiger partial charge < -0.3 is 9.72 Å². The number of likely N-dealkylation sites (N-methyl/N-ethyl adjacent to an activating group) is 1. The first-order chi connectivity index (χ1) is 8.72. The standard InChI is InChI=1S/C13H17N3O2/c1-3-16(9-13(17)18-2)8-12-14-10-6-4-5-7-11(10)15-12/h4-7H,3,8-9H2,1-2H3,(H,14,15). The third kappa shape index (κ3) is 2.87. The number of aromatic amines is 1. The number of fused-ring (bicyclic) bond motifs is 1. The second-order valence-corrected chi connectivity index (χ2v) is 4.08. The lowest BCUT2D eigenvalue weighted by molar-refractivity contribution is -0.142. The van der Waals surface area contributed by atoms with E-state index in [0.29, 0.717) is 6.54 Å². The molecule has 0 aliphatic carbocycles. The Morgan fingerprint density at radius 3 is 2.89 bits per heavy atom. The SMILES string of the molecule is CCN(CC(=O)OC)Cc1nc2ccccc2[nH]1. The fourth-order valence-electron chi connectivity index (χ4n) is 1.82. The van der Waals surface area contributed by atoms with Crippen molar-refractivity contribution in [2.24, 2.45) is 0 Å². The van der Waals surface area contributed by atoms with Gasteiger partial charge in [-0.3, -0.25) is 9.69 Å². The smallest absolute Gasteiger partial charge is 0.319 e. The molecule has 0 unspecified atom stereocenters. The van der Waals surface area contributed by atoms with Crippen molar-refractivity contribution in [2.45, 2.75) is 13.5 Å². The molecule has 0 fully saturated rings. The number of imidazole rings is 1. The van der Waals surface area contributed by atoms with E-state index in [0.717, 1.165) is 23.4 Å². The summed E-state index contributed by atoms with van der Waals surface area (Å²) in [4.78, 5) is 21.0. The molecule has 0 amide bonds. The summed E-state index contributed by atoms with van der Waals surface area (Å²) in [5.41, 5.74) is 1.96. The molecule has 96 valence electrons. The molecule has 2 rings (SSSR count). The normalized spacial score (nSPS) is 11.1. The van der Waals surface area contributed by atoms with E-state index in [-0.39, 0.29) is 12.5 Å². The third-order valence-electron chi connectivity index (χ3n) is 2.84. The molecule has 0 saturated carbocycles. The Kier molecular flexibility index (Phi) is 3.94. The maximum Gasteiger partial charge on any atom is 0.319 e. The van der Waals surface area contributed by atoms with Crippen LogP contribution >= 0.6 is 0 Å². The van der Waals surface area contributed by atoms with Gasteiger partial charge >= 0.3 is 5.97 Å². The Morgan fingerprint density at radius 2 is 2.22 bits per heavy atom. The zero-order valence-corrected chi connectivity index (χ0v) is 10.6. The summed E-state index contributed by atoms with van der Waals surface area (Å²) in [5.74, 6) is 0.634. The fourth-order valence-corrected chi connectivity index (χ4v) is 1.82. The van der Waals surface area contributed by atoms with Crippen LogP contribution < -0.4 is 0 Å². The van der Waals surface area contributed by atoms with Crippen molar-refractivity contribution in [1.29, 1.82) is 0 Å². The summed E-state index contributed by atoms with van der Waals surface area (Å²) < 4.78 is 4.67. The summed E-state index contributed by atoms with van der Waals surface area (Å²) in [6, 6.07) is 7.88. The van der Waals surface area contributed by atoms with Crippen molar-refractivity contribution in [3.8, 4) is 0 Å². The Bertz CT molecular complexity index is 503. The number of rotatable bonds is 5. The highest BCUT2D eigenvalue weighted by atomic mass is 16.5. The van der Waals surface area contributed by atoms with Crippen molar-refractivity contribution in [3.63, 3.8) is 0 Å². The molecule has 0 radical (unpaired) electrons. The number of ether oxygens (including phenoxy) is 1. The van der Waals surface area contributed by atoms with Crippen molar-refractivity contribution < 1.29 is 9.53 Å². The first-order valence-corrected chi connectivity index (χ1v) is 5.95. The average molecular weight is 247 g/mol. The zero-order chi connectivity index (χ0) is 13.0. The topological polar surface area (TPSA) is 58.2 Å². The van der Waals surface area contributed by atoms with Crippen molar-refractivity contribution in [1.82, 2.24) is 14.9 Å². The van der Waals surface area contributed by atoms with Crippen molar-refractivity contribution >= 4 is 17.0 Å². The van der Waals surface area contributed by atoms with E-state index in [1.165, 1.54) is 7.11 Å². The van der Waals surface area contributed by atoms with E-state index < -0.39 is 0 Å². The summed E-state index contributed by atoms with van der Waals surface area (Å²) in [6.07, 6.45) is 0. The molecular weight excluding hydrogens is 230 g/mol. The minimum absolute atomic E-state index is 0.229. The second kappa shape index (κ2) is 5.64. The fraction of sp³-hybridized carbons (Fsp3) is 0.385. The largest absolute Gasteiger partial charge is 0.468 e. The van der Waals surface area contributed by atoms with Crippen LogP contribution in [0.25, 0.3) is 11.0 Å². The number of carbonyl (C=O) groups excluding carboxylic acids is 1. The van der Waals surface area contributed by atoms with E-state index in [1.807, 2.05) is 36.1 Å². The van der Waals surface area contributed by atoms with Gasteiger partial charge in [-0.05, 0) is 18.7 Å². The number of methoxy groups -OCH3 is 1. The Labute approximate surface area is 106 Å². The predicted molar refractivity (Wildman–Crippen MR) is 69.1 cm³/mol. The molecule has 0 spiro atoms. The van der Waals surface area contributed by atoms with Crippen LogP contribution in [0.2, 0.25) is 0 Å². The number of hydrogen-bond donors (Lipinski definition) is 1. The summed E-state index contributed by atoms with van der Waals surface area (Å²) in [7, 11) is 1.40. The van der Waals surface area contributed by atoms with Crippen LogP contribution in [0.15, 0.2) is 24.3 Å². The molecule has 0 aliphatic rings. The Balaban J connectivity index is 2.09. The number of hydrogen-bond acceptors (Lipinski definition) is 4. The Morgan fingerprint density at radius 1 is 1.44 bits per heavy atom. The molecule has 5 heteroatoms. The molecule has 1 N–H and O–H groups in total. The second-order valence-electron chi connectivity index (χ2n) is 4.08. The van der Waals surface area contributed by atoms with Gasteiger partial charge in [-0.25, -0.2) is 4.98 Å². The van der Waals surface area contributed by atoms with Gasteiger partial charge in [-0.1, -0.05) is 19.1 Å². The van der Waals surface area contributed by atoms with Crippen molar-refractivity contribution in [2.75, 3.05) is 20.2 Å². The van der Waals surface area contributed by atoms with Crippen LogP contribution in [0.5, 0.6) is 0 Å². The highest BCUT2D eigenvalue weighted by Crippen LogP contribution is 2.11. The molecule has 2 aromatic rings. The van der Waals surface area contributed by atoms with Gasteiger partial charge in [0.25, 0.3) is 0 Å². The molecule has 1 aromatic heterocycles. The molecule has 0 atom stereocenters. The lowest BCUT2D eigenvalue weighted by Crippen LogP contribution is -2.30. The Hall–Kier alpha value is -1.88. The van der Waals surface area contributed by atoms with Crippen LogP contribution in [0, 0.1) is 0 Å². The number of benzene rings is 1. The number of carbonyl (C=O) groups is 1. The van der Waals surface area contributed by atoms with Crippen LogP contribution in [0.1, 0.15) is 12.7 Å². The first kappa shape index (κ1) is 12.6. The zero-order valence-electron chi connectivity index (χ0n) is 10.6. The van der Waals surface area contributed by atoms with E-state index in [1.54, 1.807) is 0 Å². The van der Waals surface area contributed by atoms with Crippen molar-refractivity contribution in [3.05, 3.63) is 30.1 Å². The molecule has 1 heterocycles. The van der Waals surface area contributed by atoms with E-state index in [2.05, 4.69) is 14.7 Å². The quantitative estimate of drug-likeness (QED) is 0.815. The molecular formula is C13H17N3O2. The first-order valence-electron chi connectivity index (χ1n) is 5.95. The van der Waals surface area contributed by atoms with Gasteiger partial charge in [-0.15, -0.1) is 0 Å². The highest BCUT2D eigenvalue weighted by Gasteiger charge is 2.11. The summed E-state index contributed by atoms with van der Waals surface area (Å²) in [6.45, 7) is 3.67. The molecule has 18 heavy (non-hydrogen) atoms. The number of nitrogens with one attached hydrogen (secondary N) is 1. The number of aromatic nitrogens is 2. The number of nitrogens with zero attached hydrogens (tertiary/aromatic N) is 2. The summed E-state index contributed by atoms with van der Waals surface area (Å²) >= 11 is 0. The number of para-hydroxylation sites is 2. The predicted octanol–water partition coefficient (Wildman–Crippen LogP) is 1.56. The third-order valence-corrected chi connectivity index (χ3v) is 2.84. The lowest BCUT2D eigenvalue weighted by Gasteiger charge is -2.16. The molecule has 1 aromatic carbocycles. The van der Waals surface area contributed by atoms with E-state index >= 15 is 0 Å². The maximum absolute atomic E-state index is 11.2. The number of esters is 1. The van der Waals surface area contributed by atoms with E-state index in [4.69, 9.17) is 0 Å².